The zero-order chi connectivity index (χ0) is 16.5. The molecule has 3 heteroatoms. The van der Waals surface area contributed by atoms with Crippen molar-refractivity contribution in [3.05, 3.63) is 72.3 Å². The molecule has 0 N–H and O–H groups in total. The minimum Gasteiger partial charge on any atom is -0.497 e. The molecule has 1 heterocycles. The third-order valence-corrected chi connectivity index (χ3v) is 4.50. The quantitative estimate of drug-likeness (QED) is 0.536. The van der Waals surface area contributed by atoms with Crippen LogP contribution in [0.2, 0.25) is 0 Å². The molecule has 120 valence electrons. The van der Waals surface area contributed by atoms with Gasteiger partial charge in [0.25, 0.3) is 0 Å². The summed E-state index contributed by atoms with van der Waals surface area (Å²) in [6, 6.07) is 23.0. The Kier molecular flexibility index (Phi) is 3.62. The molecule has 0 atom stereocenters. The van der Waals surface area contributed by atoms with Crippen molar-refractivity contribution in [1.29, 1.82) is 0 Å². The number of fused-ring (bicyclic) bond motifs is 3. The van der Waals surface area contributed by atoms with Gasteiger partial charge in [-0.05, 0) is 24.3 Å². The summed E-state index contributed by atoms with van der Waals surface area (Å²) in [7, 11) is 3.37. The second-order valence-corrected chi connectivity index (χ2v) is 5.80. The molecule has 0 aliphatic rings. The molecule has 3 nitrogen and oxygen atoms in total. The smallest absolute Gasteiger partial charge is 0.127 e. The number of para-hydroxylation sites is 2. The van der Waals surface area contributed by atoms with Gasteiger partial charge in [0.15, 0.2) is 0 Å². The SMILES string of the molecule is COc1ccc(Cn2c3ccccc3c3ccccc32)c(OC)c1. The Bertz CT molecular complexity index is 964. The van der Waals surface area contributed by atoms with Gasteiger partial charge in [-0.1, -0.05) is 36.4 Å². The molecule has 0 bridgehead atoms. The number of hydrogen-bond donors (Lipinski definition) is 0. The lowest BCUT2D eigenvalue weighted by atomic mass is 10.2. The fourth-order valence-electron chi connectivity index (χ4n) is 3.33. The van der Waals surface area contributed by atoms with Crippen molar-refractivity contribution in [1.82, 2.24) is 4.57 Å². The van der Waals surface area contributed by atoms with Crippen LogP contribution in [0.15, 0.2) is 66.7 Å². The molecule has 24 heavy (non-hydrogen) atoms. The van der Waals surface area contributed by atoms with E-state index in [1.165, 1.54) is 21.8 Å². The van der Waals surface area contributed by atoms with E-state index in [9.17, 15) is 0 Å². The highest BCUT2D eigenvalue weighted by atomic mass is 16.5. The second kappa shape index (κ2) is 5.93. The Morgan fingerprint density at radius 3 is 1.96 bits per heavy atom. The van der Waals surface area contributed by atoms with Gasteiger partial charge in [-0.15, -0.1) is 0 Å². The first-order chi connectivity index (χ1) is 11.8. The number of methoxy groups -OCH3 is 2. The van der Waals surface area contributed by atoms with E-state index < -0.39 is 0 Å². The van der Waals surface area contributed by atoms with E-state index in [0.29, 0.717) is 0 Å². The van der Waals surface area contributed by atoms with Crippen LogP contribution in [0.4, 0.5) is 0 Å². The Hall–Kier alpha value is -2.94. The molecule has 4 rings (SSSR count). The first-order valence-electron chi connectivity index (χ1n) is 7.98. The molecule has 1 aromatic heterocycles. The third-order valence-electron chi connectivity index (χ3n) is 4.50. The van der Waals surface area contributed by atoms with Crippen LogP contribution >= 0.6 is 0 Å². The van der Waals surface area contributed by atoms with Crippen molar-refractivity contribution >= 4 is 21.8 Å². The summed E-state index contributed by atoms with van der Waals surface area (Å²) in [5, 5.41) is 2.56. The lowest BCUT2D eigenvalue weighted by molar-refractivity contribution is 0.390. The van der Waals surface area contributed by atoms with Gasteiger partial charge in [0.1, 0.15) is 11.5 Å². The minimum atomic E-state index is 0.751. The first-order valence-corrected chi connectivity index (χ1v) is 7.98. The number of benzene rings is 3. The first kappa shape index (κ1) is 14.6. The van der Waals surface area contributed by atoms with Gasteiger partial charge < -0.3 is 14.0 Å². The van der Waals surface area contributed by atoms with Crippen molar-refractivity contribution in [2.75, 3.05) is 14.2 Å². The van der Waals surface area contributed by atoms with E-state index in [1.807, 2.05) is 12.1 Å². The summed E-state index contributed by atoms with van der Waals surface area (Å²) in [5.41, 5.74) is 3.60. The van der Waals surface area contributed by atoms with Gasteiger partial charge in [0, 0.05) is 33.4 Å². The maximum atomic E-state index is 5.57. The van der Waals surface area contributed by atoms with E-state index in [4.69, 9.17) is 9.47 Å². The van der Waals surface area contributed by atoms with Crippen molar-refractivity contribution in [2.24, 2.45) is 0 Å². The maximum Gasteiger partial charge on any atom is 0.127 e. The van der Waals surface area contributed by atoms with E-state index >= 15 is 0 Å². The molecule has 0 fully saturated rings. The summed E-state index contributed by atoms with van der Waals surface area (Å²) in [6.07, 6.45) is 0. The summed E-state index contributed by atoms with van der Waals surface area (Å²) in [4.78, 5) is 0. The van der Waals surface area contributed by atoms with Crippen molar-refractivity contribution in [3.63, 3.8) is 0 Å². The molecular formula is C21H19NO2. The highest BCUT2D eigenvalue weighted by Crippen LogP contribution is 2.32. The van der Waals surface area contributed by atoms with Crippen LogP contribution in [0.1, 0.15) is 5.56 Å². The van der Waals surface area contributed by atoms with Crippen molar-refractivity contribution in [2.45, 2.75) is 6.54 Å². The number of nitrogens with zero attached hydrogens (tertiary/aromatic N) is 1. The van der Waals surface area contributed by atoms with Gasteiger partial charge in [-0.2, -0.15) is 0 Å². The topological polar surface area (TPSA) is 23.4 Å². The fourth-order valence-corrected chi connectivity index (χ4v) is 3.33. The van der Waals surface area contributed by atoms with Gasteiger partial charge in [-0.3, -0.25) is 0 Å². The molecular weight excluding hydrogens is 298 g/mol. The van der Waals surface area contributed by atoms with Crippen LogP contribution in [0.5, 0.6) is 11.5 Å². The van der Waals surface area contributed by atoms with Gasteiger partial charge in [-0.25, -0.2) is 0 Å². The van der Waals surface area contributed by atoms with E-state index in [-0.39, 0.29) is 0 Å². The molecule has 0 unspecified atom stereocenters. The molecule has 0 spiro atoms. The van der Waals surface area contributed by atoms with Crippen LogP contribution < -0.4 is 9.47 Å². The van der Waals surface area contributed by atoms with Crippen molar-refractivity contribution in [3.8, 4) is 11.5 Å². The molecule has 4 aromatic rings. The zero-order valence-corrected chi connectivity index (χ0v) is 13.8. The minimum absolute atomic E-state index is 0.751. The summed E-state index contributed by atoms with van der Waals surface area (Å²) < 4.78 is 13.2. The lowest BCUT2D eigenvalue weighted by Crippen LogP contribution is -2.02. The number of rotatable bonds is 4. The van der Waals surface area contributed by atoms with Crippen LogP contribution in [0.25, 0.3) is 21.8 Å². The average molecular weight is 317 g/mol. The third kappa shape index (κ3) is 2.29. The molecule has 0 aliphatic heterocycles. The molecule has 0 saturated carbocycles. The van der Waals surface area contributed by atoms with Crippen LogP contribution in [-0.4, -0.2) is 18.8 Å². The van der Waals surface area contributed by atoms with Crippen molar-refractivity contribution < 1.29 is 9.47 Å². The Balaban J connectivity index is 1.90. The standard InChI is InChI=1S/C21H19NO2/c1-23-16-12-11-15(21(13-16)24-2)14-22-19-9-5-3-7-17(19)18-8-4-6-10-20(18)22/h3-13H,14H2,1-2H3. The zero-order valence-electron chi connectivity index (χ0n) is 13.8. The Labute approximate surface area is 141 Å². The number of aromatic nitrogens is 1. The van der Waals surface area contributed by atoms with Gasteiger partial charge in [0.2, 0.25) is 0 Å². The molecule has 0 amide bonds. The predicted molar refractivity (Wildman–Crippen MR) is 98.1 cm³/mol. The fraction of sp³-hybridized carbons (Fsp3) is 0.143. The van der Waals surface area contributed by atoms with E-state index in [1.54, 1.807) is 14.2 Å². The lowest BCUT2D eigenvalue weighted by Gasteiger charge is -2.13. The largest absolute Gasteiger partial charge is 0.497 e. The maximum absolute atomic E-state index is 5.57. The second-order valence-electron chi connectivity index (χ2n) is 5.80. The molecule has 0 radical (unpaired) electrons. The van der Waals surface area contributed by atoms with E-state index in [2.05, 4.69) is 59.2 Å². The summed E-state index contributed by atoms with van der Waals surface area (Å²) >= 11 is 0. The van der Waals surface area contributed by atoms with Gasteiger partial charge in [0.05, 0.1) is 20.8 Å². The number of hydrogen-bond acceptors (Lipinski definition) is 2. The van der Waals surface area contributed by atoms with Crippen LogP contribution in [0.3, 0.4) is 0 Å². The normalized spacial score (nSPS) is 11.1. The summed E-state index contributed by atoms with van der Waals surface area (Å²) in [6.45, 7) is 0.751. The molecule has 0 saturated heterocycles. The summed E-state index contributed by atoms with van der Waals surface area (Å²) in [5.74, 6) is 1.65. The molecule has 0 aliphatic carbocycles. The average Bonchev–Trinajstić information content (AvgIpc) is 2.96. The molecule has 3 aromatic carbocycles. The monoisotopic (exact) mass is 317 g/mol. The highest BCUT2D eigenvalue weighted by Gasteiger charge is 2.12. The predicted octanol–water partition coefficient (Wildman–Crippen LogP) is 4.86. The number of ether oxygens (including phenoxy) is 2. The van der Waals surface area contributed by atoms with Crippen LogP contribution in [0, 0.1) is 0 Å². The Morgan fingerprint density at radius 1 is 0.750 bits per heavy atom. The van der Waals surface area contributed by atoms with Gasteiger partial charge >= 0.3 is 0 Å². The van der Waals surface area contributed by atoms with E-state index in [0.717, 1.165) is 23.6 Å². The highest BCUT2D eigenvalue weighted by molar-refractivity contribution is 6.08. The Morgan fingerprint density at radius 2 is 1.38 bits per heavy atom. The van der Waals surface area contributed by atoms with Crippen LogP contribution in [-0.2, 0) is 6.54 Å².